The fraction of sp³-hybridized carbons (Fsp3) is 0.650. The smallest absolute Gasteiger partial charge is 0.191 e. The Morgan fingerprint density at radius 3 is 2.81 bits per heavy atom. The molecule has 6 heteroatoms. The van der Waals surface area contributed by atoms with Crippen LogP contribution in [0.25, 0.3) is 0 Å². The van der Waals surface area contributed by atoms with Crippen molar-refractivity contribution in [3.63, 3.8) is 0 Å². The molecule has 146 valence electrons. The van der Waals surface area contributed by atoms with Crippen LogP contribution in [0.15, 0.2) is 35.3 Å². The van der Waals surface area contributed by atoms with Gasteiger partial charge in [0.1, 0.15) is 0 Å². The molecule has 0 aromatic heterocycles. The summed E-state index contributed by atoms with van der Waals surface area (Å²) in [5.41, 5.74) is 1.35. The summed E-state index contributed by atoms with van der Waals surface area (Å²) in [4.78, 5) is 9.00. The third-order valence-corrected chi connectivity index (χ3v) is 4.94. The minimum atomic E-state index is 0.225. The van der Waals surface area contributed by atoms with Gasteiger partial charge in [0, 0.05) is 45.8 Å². The monoisotopic (exact) mass is 361 g/mol. The van der Waals surface area contributed by atoms with E-state index in [0.717, 1.165) is 51.7 Å². The molecule has 1 heterocycles. The van der Waals surface area contributed by atoms with Gasteiger partial charge in [0.2, 0.25) is 0 Å². The quantitative estimate of drug-likeness (QED) is 0.541. The summed E-state index contributed by atoms with van der Waals surface area (Å²) in [5, 5.41) is 6.79. The van der Waals surface area contributed by atoms with Crippen molar-refractivity contribution in [2.45, 2.75) is 32.0 Å². The van der Waals surface area contributed by atoms with Crippen LogP contribution in [0.1, 0.15) is 18.9 Å². The van der Waals surface area contributed by atoms with Gasteiger partial charge in [-0.1, -0.05) is 30.3 Å². The molecule has 0 spiro atoms. The van der Waals surface area contributed by atoms with Gasteiger partial charge < -0.3 is 20.3 Å². The Bertz CT molecular complexity index is 536. The number of rotatable bonds is 8. The fourth-order valence-electron chi connectivity index (χ4n) is 3.07. The lowest BCUT2D eigenvalue weighted by molar-refractivity contribution is -0.0161. The number of nitrogens with zero attached hydrogens (tertiary/aromatic N) is 3. The van der Waals surface area contributed by atoms with E-state index in [0.29, 0.717) is 6.04 Å². The van der Waals surface area contributed by atoms with E-state index in [-0.39, 0.29) is 6.10 Å². The number of ether oxygens (including phenoxy) is 1. The highest BCUT2D eigenvalue weighted by Gasteiger charge is 2.17. The van der Waals surface area contributed by atoms with Crippen molar-refractivity contribution in [3.8, 4) is 0 Å². The van der Waals surface area contributed by atoms with E-state index in [9.17, 15) is 0 Å². The third-order valence-electron chi connectivity index (χ3n) is 4.94. The summed E-state index contributed by atoms with van der Waals surface area (Å²) in [7, 11) is 6.13. The Morgan fingerprint density at radius 2 is 2.12 bits per heavy atom. The number of likely N-dealkylation sites (N-methyl/N-ethyl adjacent to an activating group) is 1. The molecule has 1 aromatic carbocycles. The number of hydrogen-bond donors (Lipinski definition) is 2. The van der Waals surface area contributed by atoms with Crippen molar-refractivity contribution in [1.82, 2.24) is 20.4 Å². The Morgan fingerprint density at radius 1 is 1.35 bits per heavy atom. The molecule has 1 aliphatic rings. The molecule has 0 saturated carbocycles. The molecule has 0 radical (unpaired) electrons. The lowest BCUT2D eigenvalue weighted by atomic mass is 10.1. The normalized spacial score (nSPS) is 20.2. The molecule has 26 heavy (non-hydrogen) atoms. The number of nitrogens with one attached hydrogen (secondary N) is 2. The summed E-state index contributed by atoms with van der Waals surface area (Å²) in [6.07, 6.45) is 1.29. The highest BCUT2D eigenvalue weighted by Crippen LogP contribution is 2.08. The molecule has 2 unspecified atom stereocenters. The van der Waals surface area contributed by atoms with E-state index in [2.05, 4.69) is 76.8 Å². The maximum absolute atomic E-state index is 5.78. The molecular weight excluding hydrogens is 326 g/mol. The molecule has 1 saturated heterocycles. The lowest BCUT2D eigenvalue weighted by Crippen LogP contribution is -2.48. The summed E-state index contributed by atoms with van der Waals surface area (Å²) >= 11 is 0. The molecule has 0 bridgehead atoms. The number of aliphatic imine (C=N–C) groups is 1. The number of guanidine groups is 1. The Labute approximate surface area is 158 Å². The third kappa shape index (κ3) is 7.32. The van der Waals surface area contributed by atoms with Crippen molar-refractivity contribution in [2.24, 2.45) is 4.99 Å². The molecule has 2 N–H and O–H groups in total. The molecule has 2 rings (SSSR count). The topological polar surface area (TPSA) is 52.1 Å². The molecule has 0 amide bonds. The van der Waals surface area contributed by atoms with E-state index >= 15 is 0 Å². The molecule has 1 fully saturated rings. The minimum Gasteiger partial charge on any atom is -0.374 e. The van der Waals surface area contributed by atoms with Gasteiger partial charge in [-0.25, -0.2) is 0 Å². The second-order valence-corrected chi connectivity index (χ2v) is 7.17. The van der Waals surface area contributed by atoms with Crippen LogP contribution in [0.3, 0.4) is 0 Å². The predicted octanol–water partition coefficient (Wildman–Crippen LogP) is 1.39. The zero-order valence-electron chi connectivity index (χ0n) is 16.7. The van der Waals surface area contributed by atoms with Crippen molar-refractivity contribution in [2.75, 3.05) is 53.9 Å². The molecule has 2 atom stereocenters. The van der Waals surface area contributed by atoms with Crippen molar-refractivity contribution >= 4 is 5.96 Å². The van der Waals surface area contributed by atoms with E-state index in [1.165, 1.54) is 5.56 Å². The first-order valence-electron chi connectivity index (χ1n) is 9.57. The minimum absolute atomic E-state index is 0.225. The predicted molar refractivity (Wildman–Crippen MR) is 109 cm³/mol. The van der Waals surface area contributed by atoms with E-state index < -0.39 is 0 Å². The first-order chi connectivity index (χ1) is 12.6. The van der Waals surface area contributed by atoms with Gasteiger partial charge in [-0.15, -0.1) is 0 Å². The van der Waals surface area contributed by atoms with Gasteiger partial charge in [0.15, 0.2) is 5.96 Å². The van der Waals surface area contributed by atoms with Gasteiger partial charge in [-0.3, -0.25) is 9.89 Å². The summed E-state index contributed by atoms with van der Waals surface area (Å²) in [6, 6.07) is 11.1. The zero-order valence-corrected chi connectivity index (χ0v) is 16.7. The first kappa shape index (κ1) is 20.7. The van der Waals surface area contributed by atoms with Gasteiger partial charge >= 0.3 is 0 Å². The number of benzene rings is 1. The molecule has 0 aliphatic carbocycles. The number of morpholine rings is 1. The Balaban J connectivity index is 1.64. The first-order valence-corrected chi connectivity index (χ1v) is 9.57. The standard InChI is InChI=1S/C20H35N5O/c1-17(25(4)15-18-8-6-5-7-9-18)10-11-22-20(21-2)23-14-19-16-24(3)12-13-26-19/h5-9,17,19H,10-16H2,1-4H3,(H2,21,22,23). The Hall–Kier alpha value is -1.63. The maximum Gasteiger partial charge on any atom is 0.191 e. The largest absolute Gasteiger partial charge is 0.374 e. The second-order valence-electron chi connectivity index (χ2n) is 7.17. The van der Waals surface area contributed by atoms with Crippen molar-refractivity contribution < 1.29 is 4.74 Å². The van der Waals surface area contributed by atoms with E-state index in [1.54, 1.807) is 0 Å². The second kappa shape index (κ2) is 11.2. The molecule has 1 aromatic rings. The van der Waals surface area contributed by atoms with Crippen LogP contribution in [-0.4, -0.2) is 81.8 Å². The Kier molecular flexibility index (Phi) is 8.88. The maximum atomic E-state index is 5.78. The molecule has 6 nitrogen and oxygen atoms in total. The summed E-state index contributed by atoms with van der Waals surface area (Å²) < 4.78 is 5.78. The molecule has 1 aliphatic heterocycles. The summed E-state index contributed by atoms with van der Waals surface area (Å²) in [5.74, 6) is 0.847. The average Bonchev–Trinajstić information content (AvgIpc) is 2.65. The van der Waals surface area contributed by atoms with Crippen LogP contribution in [0, 0.1) is 0 Å². The lowest BCUT2D eigenvalue weighted by Gasteiger charge is -2.30. The highest BCUT2D eigenvalue weighted by atomic mass is 16.5. The van der Waals surface area contributed by atoms with Gasteiger partial charge in [-0.05, 0) is 33.0 Å². The van der Waals surface area contributed by atoms with Gasteiger partial charge in [0.25, 0.3) is 0 Å². The number of hydrogen-bond acceptors (Lipinski definition) is 4. The molecular formula is C20H35N5O. The SMILES string of the molecule is CN=C(NCCC(C)N(C)Cc1ccccc1)NCC1CN(C)CCO1. The van der Waals surface area contributed by atoms with E-state index in [4.69, 9.17) is 4.74 Å². The summed E-state index contributed by atoms with van der Waals surface area (Å²) in [6.45, 7) is 7.70. The van der Waals surface area contributed by atoms with Crippen LogP contribution in [0.5, 0.6) is 0 Å². The zero-order chi connectivity index (χ0) is 18.8. The van der Waals surface area contributed by atoms with Crippen molar-refractivity contribution in [3.05, 3.63) is 35.9 Å². The van der Waals surface area contributed by atoms with Crippen LogP contribution >= 0.6 is 0 Å². The van der Waals surface area contributed by atoms with Crippen LogP contribution < -0.4 is 10.6 Å². The van der Waals surface area contributed by atoms with Crippen LogP contribution in [-0.2, 0) is 11.3 Å². The average molecular weight is 362 g/mol. The highest BCUT2D eigenvalue weighted by molar-refractivity contribution is 5.79. The fourth-order valence-corrected chi connectivity index (χ4v) is 3.07. The van der Waals surface area contributed by atoms with Crippen LogP contribution in [0.2, 0.25) is 0 Å². The van der Waals surface area contributed by atoms with E-state index in [1.807, 2.05) is 7.05 Å². The van der Waals surface area contributed by atoms with Crippen molar-refractivity contribution in [1.29, 1.82) is 0 Å². The van der Waals surface area contributed by atoms with Gasteiger partial charge in [0.05, 0.1) is 12.7 Å². The van der Waals surface area contributed by atoms with Gasteiger partial charge in [-0.2, -0.15) is 0 Å². The van der Waals surface area contributed by atoms with Crippen LogP contribution in [0.4, 0.5) is 0 Å².